The van der Waals surface area contributed by atoms with E-state index in [1.54, 1.807) is 6.07 Å². The molecule has 1 aromatic rings. The van der Waals surface area contributed by atoms with Gasteiger partial charge in [-0.25, -0.2) is 0 Å². The lowest BCUT2D eigenvalue weighted by Crippen LogP contribution is -2.45. The lowest BCUT2D eigenvalue weighted by molar-refractivity contribution is 0.106. The minimum absolute atomic E-state index is 0.241. The van der Waals surface area contributed by atoms with Gasteiger partial charge in [-0.3, -0.25) is 4.90 Å². The highest BCUT2D eigenvalue weighted by molar-refractivity contribution is 5.34. The van der Waals surface area contributed by atoms with Crippen molar-refractivity contribution in [3.63, 3.8) is 0 Å². The van der Waals surface area contributed by atoms with Crippen LogP contribution >= 0.6 is 0 Å². The Morgan fingerprint density at radius 1 is 1.41 bits per heavy atom. The molecule has 2 unspecified atom stereocenters. The Morgan fingerprint density at radius 2 is 2.18 bits per heavy atom. The topological polar surface area (TPSA) is 49.5 Å². The molecule has 1 aromatic carbocycles. The Labute approximate surface area is 103 Å². The minimum atomic E-state index is 0.241. The summed E-state index contributed by atoms with van der Waals surface area (Å²) >= 11 is 0. The molecule has 1 heterocycles. The van der Waals surface area contributed by atoms with Crippen molar-refractivity contribution >= 4 is 0 Å². The third-order valence-electron chi connectivity index (χ3n) is 3.83. The standard InChI is InChI=1S/C14H22N2O/c1-11(13-7-2-3-8-14(13)17)16-9-5-4-6-12(16)10-15/h2-3,7-8,11-12,17H,4-6,9-10,15H2,1H3. The molecule has 0 amide bonds. The minimum Gasteiger partial charge on any atom is -0.508 e. The van der Waals surface area contributed by atoms with Crippen LogP contribution in [0, 0.1) is 0 Å². The van der Waals surface area contributed by atoms with Crippen molar-refractivity contribution in [2.45, 2.75) is 38.3 Å². The van der Waals surface area contributed by atoms with Gasteiger partial charge in [0.05, 0.1) is 0 Å². The van der Waals surface area contributed by atoms with Gasteiger partial charge in [0, 0.05) is 24.2 Å². The molecule has 3 heteroatoms. The molecule has 1 aliphatic rings. The second kappa shape index (κ2) is 5.52. The predicted octanol–water partition coefficient (Wildman–Crippen LogP) is 2.27. The number of para-hydroxylation sites is 1. The molecule has 0 aliphatic carbocycles. The molecule has 1 fully saturated rings. The van der Waals surface area contributed by atoms with E-state index in [1.165, 1.54) is 19.3 Å². The van der Waals surface area contributed by atoms with Crippen molar-refractivity contribution in [1.29, 1.82) is 0 Å². The maximum absolute atomic E-state index is 9.91. The predicted molar refractivity (Wildman–Crippen MR) is 69.9 cm³/mol. The number of nitrogens with zero attached hydrogens (tertiary/aromatic N) is 1. The van der Waals surface area contributed by atoms with E-state index in [-0.39, 0.29) is 6.04 Å². The number of phenolic OH excluding ortho intramolecular Hbond substituents is 1. The van der Waals surface area contributed by atoms with E-state index in [9.17, 15) is 5.11 Å². The smallest absolute Gasteiger partial charge is 0.120 e. The number of rotatable bonds is 3. The average Bonchev–Trinajstić information content (AvgIpc) is 2.38. The number of aromatic hydroxyl groups is 1. The van der Waals surface area contributed by atoms with Gasteiger partial charge in [0.1, 0.15) is 5.75 Å². The Bertz CT molecular complexity index is 367. The van der Waals surface area contributed by atoms with Gasteiger partial charge in [0.15, 0.2) is 0 Å². The molecule has 0 aromatic heterocycles. The molecule has 2 rings (SSSR count). The second-order valence-electron chi connectivity index (χ2n) is 4.86. The monoisotopic (exact) mass is 234 g/mol. The Kier molecular flexibility index (Phi) is 4.02. The van der Waals surface area contributed by atoms with Crippen molar-refractivity contribution in [1.82, 2.24) is 4.90 Å². The number of phenols is 1. The van der Waals surface area contributed by atoms with Crippen LogP contribution in [-0.4, -0.2) is 29.1 Å². The summed E-state index contributed by atoms with van der Waals surface area (Å²) in [6.07, 6.45) is 3.68. The third kappa shape index (κ3) is 2.61. The molecule has 94 valence electrons. The Hall–Kier alpha value is -1.06. The van der Waals surface area contributed by atoms with E-state index in [0.717, 1.165) is 12.1 Å². The zero-order valence-corrected chi connectivity index (χ0v) is 10.5. The zero-order chi connectivity index (χ0) is 12.3. The van der Waals surface area contributed by atoms with Crippen molar-refractivity contribution < 1.29 is 5.11 Å². The van der Waals surface area contributed by atoms with Crippen molar-refractivity contribution in [2.75, 3.05) is 13.1 Å². The van der Waals surface area contributed by atoms with Gasteiger partial charge >= 0.3 is 0 Å². The van der Waals surface area contributed by atoms with E-state index in [4.69, 9.17) is 5.73 Å². The van der Waals surface area contributed by atoms with E-state index < -0.39 is 0 Å². The lowest BCUT2D eigenvalue weighted by atomic mass is 9.97. The van der Waals surface area contributed by atoms with Crippen LogP contribution in [0.5, 0.6) is 5.75 Å². The number of hydrogen-bond donors (Lipinski definition) is 2. The average molecular weight is 234 g/mol. The first-order valence-electron chi connectivity index (χ1n) is 6.47. The van der Waals surface area contributed by atoms with E-state index >= 15 is 0 Å². The van der Waals surface area contributed by atoms with Crippen LogP contribution in [0.4, 0.5) is 0 Å². The van der Waals surface area contributed by atoms with Crippen LogP contribution in [-0.2, 0) is 0 Å². The third-order valence-corrected chi connectivity index (χ3v) is 3.83. The fourth-order valence-electron chi connectivity index (χ4n) is 2.81. The molecule has 3 nitrogen and oxygen atoms in total. The number of hydrogen-bond acceptors (Lipinski definition) is 3. The van der Waals surface area contributed by atoms with E-state index in [1.807, 2.05) is 18.2 Å². The Morgan fingerprint density at radius 3 is 2.88 bits per heavy atom. The summed E-state index contributed by atoms with van der Waals surface area (Å²) in [7, 11) is 0. The van der Waals surface area contributed by atoms with Crippen molar-refractivity contribution in [3.8, 4) is 5.75 Å². The molecule has 3 N–H and O–H groups in total. The maximum Gasteiger partial charge on any atom is 0.120 e. The molecule has 0 saturated carbocycles. The van der Waals surface area contributed by atoms with Crippen LogP contribution in [0.3, 0.4) is 0 Å². The number of likely N-dealkylation sites (tertiary alicyclic amines) is 1. The van der Waals surface area contributed by atoms with Gasteiger partial charge in [-0.15, -0.1) is 0 Å². The highest BCUT2D eigenvalue weighted by Crippen LogP contribution is 2.32. The maximum atomic E-state index is 9.91. The molecule has 1 aliphatic heterocycles. The molecule has 2 atom stereocenters. The number of benzene rings is 1. The van der Waals surface area contributed by atoms with Crippen molar-refractivity contribution in [2.24, 2.45) is 5.73 Å². The summed E-state index contributed by atoms with van der Waals surface area (Å²) in [5.74, 6) is 0.390. The SMILES string of the molecule is CC(c1ccccc1O)N1CCCCC1CN. The fraction of sp³-hybridized carbons (Fsp3) is 0.571. The molecule has 1 saturated heterocycles. The van der Waals surface area contributed by atoms with Crippen LogP contribution in [0.15, 0.2) is 24.3 Å². The Balaban J connectivity index is 2.18. The van der Waals surface area contributed by atoms with E-state index in [0.29, 0.717) is 18.3 Å². The van der Waals surface area contributed by atoms with E-state index in [2.05, 4.69) is 11.8 Å². The number of piperidine rings is 1. The van der Waals surface area contributed by atoms with Crippen LogP contribution < -0.4 is 5.73 Å². The summed E-state index contributed by atoms with van der Waals surface area (Å²) in [4.78, 5) is 2.43. The molecule has 17 heavy (non-hydrogen) atoms. The van der Waals surface area contributed by atoms with Gasteiger partial charge in [0.25, 0.3) is 0 Å². The van der Waals surface area contributed by atoms with Crippen LogP contribution in [0.25, 0.3) is 0 Å². The van der Waals surface area contributed by atoms with Gasteiger partial charge < -0.3 is 10.8 Å². The first-order chi connectivity index (χ1) is 8.24. The normalized spacial score (nSPS) is 23.5. The first kappa shape index (κ1) is 12.4. The van der Waals surface area contributed by atoms with Crippen molar-refractivity contribution in [3.05, 3.63) is 29.8 Å². The summed E-state index contributed by atoms with van der Waals surface area (Å²) in [5.41, 5.74) is 6.85. The molecule has 0 radical (unpaired) electrons. The molecular formula is C14H22N2O. The summed E-state index contributed by atoms with van der Waals surface area (Å²) in [6, 6.07) is 8.30. The molecule has 0 bridgehead atoms. The van der Waals surface area contributed by atoms with Gasteiger partial charge in [0.2, 0.25) is 0 Å². The molecule has 0 spiro atoms. The summed E-state index contributed by atoms with van der Waals surface area (Å²) in [6.45, 7) is 3.94. The lowest BCUT2D eigenvalue weighted by Gasteiger charge is -2.39. The highest BCUT2D eigenvalue weighted by atomic mass is 16.3. The summed E-state index contributed by atoms with van der Waals surface area (Å²) < 4.78 is 0. The zero-order valence-electron chi connectivity index (χ0n) is 10.5. The van der Waals surface area contributed by atoms with Crippen LogP contribution in [0.2, 0.25) is 0 Å². The quantitative estimate of drug-likeness (QED) is 0.843. The first-order valence-corrected chi connectivity index (χ1v) is 6.47. The molecular weight excluding hydrogens is 212 g/mol. The van der Waals surface area contributed by atoms with Crippen LogP contribution in [0.1, 0.15) is 37.8 Å². The summed E-state index contributed by atoms with van der Waals surface area (Å²) in [5, 5.41) is 9.91. The fourth-order valence-corrected chi connectivity index (χ4v) is 2.81. The largest absolute Gasteiger partial charge is 0.508 e. The van der Waals surface area contributed by atoms with Gasteiger partial charge in [-0.2, -0.15) is 0 Å². The number of nitrogens with two attached hydrogens (primary N) is 1. The highest BCUT2D eigenvalue weighted by Gasteiger charge is 2.27. The van der Waals surface area contributed by atoms with Gasteiger partial charge in [-0.05, 0) is 32.4 Å². The van der Waals surface area contributed by atoms with Gasteiger partial charge in [-0.1, -0.05) is 24.6 Å². The second-order valence-corrected chi connectivity index (χ2v) is 4.86.